The lowest BCUT2D eigenvalue weighted by Gasteiger charge is -2.13. The van der Waals surface area contributed by atoms with E-state index in [9.17, 15) is 9.59 Å². The zero-order valence-corrected chi connectivity index (χ0v) is 11.2. The van der Waals surface area contributed by atoms with E-state index < -0.39 is 0 Å². The molecule has 1 N–H and O–H groups in total. The molecule has 1 fully saturated rings. The molecule has 5 nitrogen and oxygen atoms in total. The predicted molar refractivity (Wildman–Crippen MR) is 70.1 cm³/mol. The average Bonchev–Trinajstić information content (AvgIpc) is 3.19. The second kappa shape index (κ2) is 5.93. The number of ether oxygens (including phenoxy) is 2. The molecule has 1 aliphatic rings. The van der Waals surface area contributed by atoms with Crippen molar-refractivity contribution < 1.29 is 19.1 Å². The molecule has 0 spiro atoms. The van der Waals surface area contributed by atoms with Crippen molar-refractivity contribution in [2.45, 2.75) is 18.9 Å². The first-order valence-corrected chi connectivity index (χ1v) is 6.26. The summed E-state index contributed by atoms with van der Waals surface area (Å²) in [6, 6.07) is 3.27. The molecular weight excluding hydrogens is 270 g/mol. The molecular formula is C13H14ClNO4. The highest BCUT2D eigenvalue weighted by atomic mass is 35.5. The number of rotatable bonds is 6. The van der Waals surface area contributed by atoms with Crippen molar-refractivity contribution in [2.75, 3.05) is 13.7 Å². The van der Waals surface area contributed by atoms with Crippen molar-refractivity contribution >= 4 is 23.8 Å². The Bertz CT molecular complexity index is 500. The molecule has 1 aromatic carbocycles. The van der Waals surface area contributed by atoms with Gasteiger partial charge in [0.2, 0.25) is 0 Å². The fourth-order valence-corrected chi connectivity index (χ4v) is 1.83. The second-order valence-electron chi connectivity index (χ2n) is 4.27. The van der Waals surface area contributed by atoms with Gasteiger partial charge >= 0.3 is 0 Å². The van der Waals surface area contributed by atoms with Crippen molar-refractivity contribution in [1.29, 1.82) is 0 Å². The molecule has 1 saturated carbocycles. The van der Waals surface area contributed by atoms with Crippen LogP contribution < -0.4 is 14.8 Å². The monoisotopic (exact) mass is 283 g/mol. The maximum atomic E-state index is 11.5. The second-order valence-corrected chi connectivity index (χ2v) is 4.71. The van der Waals surface area contributed by atoms with Gasteiger partial charge in [0.05, 0.1) is 12.7 Å². The summed E-state index contributed by atoms with van der Waals surface area (Å²) >= 11 is 5.85. The van der Waals surface area contributed by atoms with Gasteiger partial charge in [-0.15, -0.1) is 0 Å². The fraction of sp³-hybridized carbons (Fsp3) is 0.385. The number of hydrogen-bond donors (Lipinski definition) is 1. The first kappa shape index (κ1) is 13.7. The van der Waals surface area contributed by atoms with Gasteiger partial charge < -0.3 is 14.8 Å². The summed E-state index contributed by atoms with van der Waals surface area (Å²) in [6.07, 6.45) is 2.63. The fourth-order valence-electron chi connectivity index (χ4n) is 1.62. The maximum Gasteiger partial charge on any atom is 0.258 e. The maximum absolute atomic E-state index is 11.5. The van der Waals surface area contributed by atoms with Gasteiger partial charge in [-0.25, -0.2) is 0 Å². The highest BCUT2D eigenvalue weighted by Crippen LogP contribution is 2.33. The normalized spacial score (nSPS) is 13.8. The van der Waals surface area contributed by atoms with Crippen LogP contribution in [-0.4, -0.2) is 32.0 Å². The SMILES string of the molecule is COc1cc(Cl)cc(C=O)c1OCC(=O)NC1CC1. The molecule has 0 aliphatic heterocycles. The Morgan fingerprint density at radius 3 is 2.84 bits per heavy atom. The minimum atomic E-state index is -0.212. The van der Waals surface area contributed by atoms with Gasteiger partial charge in [0, 0.05) is 17.1 Å². The van der Waals surface area contributed by atoms with Gasteiger partial charge in [0.25, 0.3) is 5.91 Å². The Hall–Kier alpha value is -1.75. The number of carbonyl (C=O) groups is 2. The highest BCUT2D eigenvalue weighted by Gasteiger charge is 2.23. The lowest BCUT2D eigenvalue weighted by molar-refractivity contribution is -0.123. The summed E-state index contributed by atoms with van der Waals surface area (Å²) < 4.78 is 10.5. The first-order chi connectivity index (χ1) is 9.13. The summed E-state index contributed by atoms with van der Waals surface area (Å²) in [5, 5.41) is 3.16. The van der Waals surface area contributed by atoms with E-state index in [4.69, 9.17) is 21.1 Å². The van der Waals surface area contributed by atoms with Crippen LogP contribution in [0.5, 0.6) is 11.5 Å². The van der Waals surface area contributed by atoms with Crippen LogP contribution in [-0.2, 0) is 4.79 Å². The summed E-state index contributed by atoms with van der Waals surface area (Å²) in [7, 11) is 1.44. The molecule has 0 unspecified atom stereocenters. The number of carbonyl (C=O) groups excluding carboxylic acids is 2. The summed E-state index contributed by atoms with van der Waals surface area (Å²) in [4.78, 5) is 22.5. The van der Waals surface area contributed by atoms with E-state index in [1.54, 1.807) is 0 Å². The van der Waals surface area contributed by atoms with E-state index in [1.807, 2.05) is 0 Å². The Kier molecular flexibility index (Phi) is 4.27. The van der Waals surface area contributed by atoms with Crippen LogP contribution in [0.25, 0.3) is 0 Å². The molecule has 1 aromatic rings. The lowest BCUT2D eigenvalue weighted by Crippen LogP contribution is -2.30. The quantitative estimate of drug-likeness (QED) is 0.809. The van der Waals surface area contributed by atoms with Crippen LogP contribution in [0.1, 0.15) is 23.2 Å². The minimum Gasteiger partial charge on any atom is -0.493 e. The van der Waals surface area contributed by atoms with E-state index in [1.165, 1.54) is 19.2 Å². The molecule has 2 rings (SSSR count). The first-order valence-electron chi connectivity index (χ1n) is 5.89. The van der Waals surface area contributed by atoms with E-state index >= 15 is 0 Å². The Balaban J connectivity index is 2.08. The minimum absolute atomic E-state index is 0.157. The van der Waals surface area contributed by atoms with Gasteiger partial charge in [0.15, 0.2) is 24.4 Å². The van der Waals surface area contributed by atoms with Crippen molar-refractivity contribution in [3.63, 3.8) is 0 Å². The Morgan fingerprint density at radius 2 is 2.26 bits per heavy atom. The molecule has 19 heavy (non-hydrogen) atoms. The van der Waals surface area contributed by atoms with Crippen LogP contribution in [0.2, 0.25) is 5.02 Å². The molecule has 1 amide bonds. The number of hydrogen-bond acceptors (Lipinski definition) is 4. The largest absolute Gasteiger partial charge is 0.493 e. The number of halogens is 1. The van der Waals surface area contributed by atoms with Gasteiger partial charge in [0.1, 0.15) is 0 Å². The van der Waals surface area contributed by atoms with Crippen LogP contribution in [0.15, 0.2) is 12.1 Å². The van der Waals surface area contributed by atoms with Crippen LogP contribution in [0, 0.1) is 0 Å². The van der Waals surface area contributed by atoms with Gasteiger partial charge in [-0.1, -0.05) is 11.6 Å². The van der Waals surface area contributed by atoms with E-state index in [0.29, 0.717) is 17.1 Å². The smallest absolute Gasteiger partial charge is 0.258 e. The third-order valence-electron chi connectivity index (χ3n) is 2.69. The van der Waals surface area contributed by atoms with E-state index in [0.717, 1.165) is 12.8 Å². The van der Waals surface area contributed by atoms with Crippen molar-refractivity contribution in [2.24, 2.45) is 0 Å². The molecule has 102 valence electrons. The van der Waals surface area contributed by atoms with Crippen LogP contribution in [0.3, 0.4) is 0 Å². The molecule has 0 radical (unpaired) electrons. The molecule has 0 saturated heterocycles. The summed E-state index contributed by atoms with van der Waals surface area (Å²) in [5.41, 5.74) is 0.253. The lowest BCUT2D eigenvalue weighted by atomic mass is 10.2. The van der Waals surface area contributed by atoms with Crippen molar-refractivity contribution in [3.05, 3.63) is 22.7 Å². The number of aldehydes is 1. The average molecular weight is 284 g/mol. The molecule has 0 heterocycles. The molecule has 0 bridgehead atoms. The Morgan fingerprint density at radius 1 is 1.53 bits per heavy atom. The van der Waals surface area contributed by atoms with Crippen LogP contribution >= 0.6 is 11.6 Å². The number of nitrogens with one attached hydrogen (secondary N) is 1. The van der Waals surface area contributed by atoms with Crippen molar-refractivity contribution in [1.82, 2.24) is 5.32 Å². The number of amides is 1. The third kappa shape index (κ3) is 3.61. The predicted octanol–water partition coefficient (Wildman–Crippen LogP) is 1.82. The van der Waals surface area contributed by atoms with Crippen molar-refractivity contribution in [3.8, 4) is 11.5 Å². The zero-order valence-electron chi connectivity index (χ0n) is 10.4. The zero-order chi connectivity index (χ0) is 13.8. The highest BCUT2D eigenvalue weighted by molar-refractivity contribution is 6.31. The van der Waals surface area contributed by atoms with Gasteiger partial charge in [-0.05, 0) is 18.9 Å². The number of benzene rings is 1. The summed E-state index contributed by atoms with van der Waals surface area (Å²) in [6.45, 7) is -0.157. The summed E-state index contributed by atoms with van der Waals surface area (Å²) in [5.74, 6) is 0.345. The van der Waals surface area contributed by atoms with Gasteiger partial charge in [-0.3, -0.25) is 9.59 Å². The number of methoxy groups -OCH3 is 1. The van der Waals surface area contributed by atoms with E-state index in [-0.39, 0.29) is 29.9 Å². The standard InChI is InChI=1S/C13H14ClNO4/c1-18-11-5-9(14)4-8(6-16)13(11)19-7-12(17)15-10-2-3-10/h4-6,10H,2-3,7H2,1H3,(H,15,17). The third-order valence-corrected chi connectivity index (χ3v) is 2.90. The molecule has 1 aliphatic carbocycles. The molecule has 6 heteroatoms. The van der Waals surface area contributed by atoms with Crippen LogP contribution in [0.4, 0.5) is 0 Å². The molecule has 0 aromatic heterocycles. The molecule has 0 atom stereocenters. The topological polar surface area (TPSA) is 64.6 Å². The van der Waals surface area contributed by atoms with E-state index in [2.05, 4.69) is 5.32 Å². The van der Waals surface area contributed by atoms with Gasteiger partial charge in [-0.2, -0.15) is 0 Å². The Labute approximate surface area is 115 Å².